The van der Waals surface area contributed by atoms with E-state index < -0.39 is 0 Å². The van der Waals surface area contributed by atoms with Gasteiger partial charge in [-0.3, -0.25) is 9.78 Å². The minimum absolute atomic E-state index is 0.0307. The minimum atomic E-state index is 0.0307. The molecule has 29 heavy (non-hydrogen) atoms. The van der Waals surface area contributed by atoms with Gasteiger partial charge in [-0.05, 0) is 37.1 Å². The third-order valence-corrected chi connectivity index (χ3v) is 5.31. The molecule has 0 unspecified atom stereocenters. The average molecular weight is 397 g/mol. The maximum absolute atomic E-state index is 12.9. The fourth-order valence-corrected chi connectivity index (χ4v) is 3.85. The van der Waals surface area contributed by atoms with Gasteiger partial charge in [-0.15, -0.1) is 0 Å². The van der Waals surface area contributed by atoms with Gasteiger partial charge in [0.2, 0.25) is 0 Å². The van der Waals surface area contributed by atoms with E-state index in [2.05, 4.69) is 34.7 Å². The summed E-state index contributed by atoms with van der Waals surface area (Å²) in [6.07, 6.45) is 3.66. The van der Waals surface area contributed by atoms with Crippen molar-refractivity contribution in [3.8, 4) is 5.75 Å². The van der Waals surface area contributed by atoms with Crippen LogP contribution in [-0.2, 0) is 0 Å². The highest BCUT2D eigenvalue weighted by atomic mass is 16.5. The van der Waals surface area contributed by atoms with Crippen molar-refractivity contribution < 1.29 is 9.53 Å². The molecule has 2 heterocycles. The van der Waals surface area contributed by atoms with E-state index in [0.717, 1.165) is 69.2 Å². The molecule has 1 aliphatic heterocycles. The summed E-state index contributed by atoms with van der Waals surface area (Å²) < 4.78 is 5.51. The lowest BCUT2D eigenvalue weighted by Gasteiger charge is -2.37. The van der Waals surface area contributed by atoms with Crippen molar-refractivity contribution in [3.63, 3.8) is 0 Å². The fraction of sp³-hybridized carbons (Fsp3) is 0.478. The highest BCUT2D eigenvalue weighted by Gasteiger charge is 2.22. The van der Waals surface area contributed by atoms with Crippen LogP contribution in [0.5, 0.6) is 5.75 Å². The Hall–Kier alpha value is -2.76. The van der Waals surface area contributed by atoms with Gasteiger partial charge in [0.25, 0.3) is 5.91 Å². The molecule has 2 aromatic rings. The Morgan fingerprint density at radius 2 is 1.69 bits per heavy atom. The quantitative estimate of drug-likeness (QED) is 0.681. The number of pyridine rings is 1. The Kier molecular flexibility index (Phi) is 7.33. The Morgan fingerprint density at radius 1 is 1.03 bits per heavy atom. The molecule has 0 atom stereocenters. The van der Waals surface area contributed by atoms with Crippen molar-refractivity contribution in [2.75, 3.05) is 56.2 Å². The Morgan fingerprint density at radius 3 is 2.34 bits per heavy atom. The van der Waals surface area contributed by atoms with Gasteiger partial charge >= 0.3 is 0 Å². The van der Waals surface area contributed by atoms with Crippen LogP contribution in [0.2, 0.25) is 0 Å². The third kappa shape index (κ3) is 5.00. The van der Waals surface area contributed by atoms with Gasteiger partial charge in [-0.2, -0.15) is 0 Å². The van der Waals surface area contributed by atoms with Crippen molar-refractivity contribution in [1.29, 1.82) is 0 Å². The first-order chi connectivity index (χ1) is 14.2. The van der Waals surface area contributed by atoms with Crippen LogP contribution in [0.25, 0.3) is 0 Å². The smallest absolute Gasteiger partial charge is 0.272 e. The van der Waals surface area contributed by atoms with Crippen LogP contribution < -0.4 is 14.5 Å². The highest BCUT2D eigenvalue weighted by molar-refractivity contribution is 5.93. The monoisotopic (exact) mass is 396 g/mol. The molecule has 1 aromatic carbocycles. The molecule has 1 aromatic heterocycles. The molecule has 6 heteroatoms. The van der Waals surface area contributed by atoms with Gasteiger partial charge in [-0.1, -0.05) is 26.0 Å². The van der Waals surface area contributed by atoms with Crippen LogP contribution in [-0.4, -0.2) is 62.2 Å². The maximum Gasteiger partial charge on any atom is 0.272 e. The van der Waals surface area contributed by atoms with Gasteiger partial charge in [0.15, 0.2) is 0 Å². The molecule has 6 nitrogen and oxygen atoms in total. The van der Waals surface area contributed by atoms with E-state index in [0.29, 0.717) is 5.69 Å². The molecule has 1 fully saturated rings. The zero-order chi connectivity index (χ0) is 20.6. The number of ether oxygens (including phenoxy) is 1. The number of piperazine rings is 1. The SMILES string of the molecule is CCCN(CCC)C(=O)c1cc(N2CCN(c3ccccc3OC)CC2)ccn1. The number of carbonyl (C=O) groups is 1. The van der Waals surface area contributed by atoms with Crippen molar-refractivity contribution in [2.24, 2.45) is 0 Å². The van der Waals surface area contributed by atoms with Crippen LogP contribution in [0, 0.1) is 0 Å². The molecule has 0 spiro atoms. The summed E-state index contributed by atoms with van der Waals surface area (Å²) in [7, 11) is 1.71. The Balaban J connectivity index is 1.68. The van der Waals surface area contributed by atoms with Crippen molar-refractivity contribution in [3.05, 3.63) is 48.3 Å². The first-order valence-corrected chi connectivity index (χ1v) is 10.6. The van der Waals surface area contributed by atoms with Crippen LogP contribution in [0.4, 0.5) is 11.4 Å². The van der Waals surface area contributed by atoms with Gasteiger partial charge in [0, 0.05) is 51.2 Å². The fourth-order valence-electron chi connectivity index (χ4n) is 3.85. The molecule has 0 radical (unpaired) electrons. The van der Waals surface area contributed by atoms with Gasteiger partial charge < -0.3 is 19.4 Å². The summed E-state index contributed by atoms with van der Waals surface area (Å²) in [4.78, 5) is 23.8. The molecule has 156 valence electrons. The number of nitrogens with zero attached hydrogens (tertiary/aromatic N) is 4. The molecule has 1 saturated heterocycles. The first-order valence-electron chi connectivity index (χ1n) is 10.6. The summed E-state index contributed by atoms with van der Waals surface area (Å²) >= 11 is 0. The lowest BCUT2D eigenvalue weighted by molar-refractivity contribution is 0.0749. The Labute approximate surface area is 174 Å². The molecule has 3 rings (SSSR count). The number of amides is 1. The second kappa shape index (κ2) is 10.1. The standard InChI is InChI=1S/C23H32N4O2/c1-4-12-27(13-5-2)23(28)20-18-19(10-11-24-20)25-14-16-26(17-15-25)21-8-6-7-9-22(21)29-3/h6-11,18H,4-5,12-17H2,1-3H3. The minimum Gasteiger partial charge on any atom is -0.495 e. The van der Waals surface area contributed by atoms with Crippen molar-refractivity contribution >= 4 is 17.3 Å². The molecule has 0 N–H and O–H groups in total. The highest BCUT2D eigenvalue weighted by Crippen LogP contribution is 2.29. The predicted octanol–water partition coefficient (Wildman–Crippen LogP) is 3.68. The van der Waals surface area contributed by atoms with Crippen LogP contribution in [0.15, 0.2) is 42.6 Å². The summed E-state index contributed by atoms with van der Waals surface area (Å²) in [5.41, 5.74) is 2.74. The van der Waals surface area contributed by atoms with Gasteiger partial charge in [-0.25, -0.2) is 0 Å². The summed E-state index contributed by atoms with van der Waals surface area (Å²) in [6.45, 7) is 9.34. The number of carbonyl (C=O) groups excluding carboxylic acids is 1. The summed E-state index contributed by atoms with van der Waals surface area (Å²) in [6, 6.07) is 12.1. The molecule has 0 aliphatic carbocycles. The molecular weight excluding hydrogens is 364 g/mol. The van der Waals surface area contributed by atoms with Gasteiger partial charge in [0.05, 0.1) is 12.8 Å². The van der Waals surface area contributed by atoms with E-state index in [4.69, 9.17) is 4.74 Å². The molecular formula is C23H32N4O2. The second-order valence-corrected chi connectivity index (χ2v) is 7.34. The number of methoxy groups -OCH3 is 1. The van der Waals surface area contributed by atoms with Crippen LogP contribution >= 0.6 is 0 Å². The predicted molar refractivity (Wildman–Crippen MR) is 118 cm³/mol. The van der Waals surface area contributed by atoms with E-state index in [1.54, 1.807) is 13.3 Å². The number of para-hydroxylation sites is 2. The van der Waals surface area contributed by atoms with Crippen molar-refractivity contribution in [1.82, 2.24) is 9.88 Å². The second-order valence-electron chi connectivity index (χ2n) is 7.34. The molecule has 0 bridgehead atoms. The summed E-state index contributed by atoms with van der Waals surface area (Å²) in [5.74, 6) is 0.938. The molecule has 1 aliphatic rings. The molecule has 1 amide bonds. The zero-order valence-corrected chi connectivity index (χ0v) is 17.8. The number of hydrogen-bond acceptors (Lipinski definition) is 5. The third-order valence-electron chi connectivity index (χ3n) is 5.31. The van der Waals surface area contributed by atoms with Gasteiger partial charge in [0.1, 0.15) is 11.4 Å². The normalized spacial score (nSPS) is 14.0. The average Bonchev–Trinajstić information content (AvgIpc) is 2.78. The topological polar surface area (TPSA) is 48.9 Å². The lowest BCUT2D eigenvalue weighted by atomic mass is 10.2. The number of anilines is 2. The van der Waals surface area contributed by atoms with Crippen LogP contribution in [0.3, 0.4) is 0 Å². The number of hydrogen-bond donors (Lipinski definition) is 0. The molecule has 0 saturated carbocycles. The van der Waals surface area contributed by atoms with E-state index in [-0.39, 0.29) is 5.91 Å². The zero-order valence-electron chi connectivity index (χ0n) is 17.8. The number of benzene rings is 1. The van der Waals surface area contributed by atoms with Crippen LogP contribution in [0.1, 0.15) is 37.2 Å². The number of aromatic nitrogens is 1. The largest absolute Gasteiger partial charge is 0.495 e. The lowest BCUT2D eigenvalue weighted by Crippen LogP contribution is -2.46. The van der Waals surface area contributed by atoms with Crippen molar-refractivity contribution in [2.45, 2.75) is 26.7 Å². The van der Waals surface area contributed by atoms with E-state index in [9.17, 15) is 4.79 Å². The van der Waals surface area contributed by atoms with E-state index >= 15 is 0 Å². The van der Waals surface area contributed by atoms with E-state index in [1.165, 1.54) is 0 Å². The first kappa shape index (κ1) is 21.0. The Bertz CT molecular complexity index is 797. The number of rotatable bonds is 8. The maximum atomic E-state index is 12.9. The van der Waals surface area contributed by atoms with E-state index in [1.807, 2.05) is 35.2 Å². The summed E-state index contributed by atoms with van der Waals surface area (Å²) in [5, 5.41) is 0.